The number of amides is 1. The number of nitrogens with zero attached hydrogens (tertiary/aromatic N) is 2. The SMILES string of the molecule is COc1cc2nc(NCCNC(=O)c3cc(C)cc(C)c3)nc(N)c2cc1OC. The Morgan fingerprint density at radius 1 is 0.966 bits per heavy atom. The molecule has 1 heterocycles. The summed E-state index contributed by atoms with van der Waals surface area (Å²) in [5, 5.41) is 6.65. The lowest BCUT2D eigenvalue weighted by atomic mass is 10.1. The summed E-state index contributed by atoms with van der Waals surface area (Å²) in [6.07, 6.45) is 0. The van der Waals surface area contributed by atoms with Crippen molar-refractivity contribution in [2.45, 2.75) is 13.8 Å². The highest BCUT2D eigenvalue weighted by Gasteiger charge is 2.12. The van der Waals surface area contributed by atoms with Crippen molar-refractivity contribution < 1.29 is 14.3 Å². The molecule has 0 saturated heterocycles. The number of aromatic nitrogens is 2. The number of methoxy groups -OCH3 is 2. The summed E-state index contributed by atoms with van der Waals surface area (Å²) in [7, 11) is 3.12. The lowest BCUT2D eigenvalue weighted by molar-refractivity contribution is 0.0955. The number of rotatable bonds is 7. The van der Waals surface area contributed by atoms with Crippen LogP contribution in [-0.2, 0) is 0 Å². The first-order valence-corrected chi connectivity index (χ1v) is 9.21. The Hall–Kier alpha value is -3.55. The summed E-state index contributed by atoms with van der Waals surface area (Å²) in [6.45, 7) is 4.81. The maximum atomic E-state index is 12.3. The number of ether oxygens (including phenoxy) is 2. The Morgan fingerprint density at radius 3 is 2.28 bits per heavy atom. The van der Waals surface area contributed by atoms with E-state index in [4.69, 9.17) is 15.2 Å². The predicted molar refractivity (Wildman–Crippen MR) is 114 cm³/mol. The molecular formula is C21H25N5O3. The second-order valence-corrected chi connectivity index (χ2v) is 6.72. The normalized spacial score (nSPS) is 10.6. The number of carbonyl (C=O) groups excluding carboxylic acids is 1. The summed E-state index contributed by atoms with van der Waals surface area (Å²) >= 11 is 0. The van der Waals surface area contributed by atoms with E-state index in [1.165, 1.54) is 0 Å². The lowest BCUT2D eigenvalue weighted by Crippen LogP contribution is -2.29. The molecule has 1 amide bonds. The van der Waals surface area contributed by atoms with E-state index in [1.54, 1.807) is 26.4 Å². The topological polar surface area (TPSA) is 111 Å². The van der Waals surface area contributed by atoms with Gasteiger partial charge >= 0.3 is 0 Å². The quantitative estimate of drug-likeness (QED) is 0.527. The fraction of sp³-hybridized carbons (Fsp3) is 0.286. The largest absolute Gasteiger partial charge is 0.493 e. The third-order valence-corrected chi connectivity index (χ3v) is 4.41. The summed E-state index contributed by atoms with van der Waals surface area (Å²) in [6, 6.07) is 9.26. The molecule has 0 bridgehead atoms. The fourth-order valence-corrected chi connectivity index (χ4v) is 3.12. The zero-order valence-electron chi connectivity index (χ0n) is 17.0. The molecular weight excluding hydrogens is 370 g/mol. The van der Waals surface area contributed by atoms with Gasteiger partial charge in [-0.25, -0.2) is 4.98 Å². The van der Waals surface area contributed by atoms with Gasteiger partial charge in [-0.3, -0.25) is 4.79 Å². The molecule has 152 valence electrons. The van der Waals surface area contributed by atoms with Crippen molar-refractivity contribution in [3.8, 4) is 11.5 Å². The Kier molecular flexibility index (Phi) is 6.01. The standard InChI is InChI=1S/C21H25N5O3/c1-12-7-13(2)9-14(8-12)20(27)23-5-6-24-21-25-16-11-18(29-4)17(28-3)10-15(16)19(22)26-21/h7-11H,5-6H2,1-4H3,(H,23,27)(H3,22,24,25,26). The van der Waals surface area contributed by atoms with Crippen LogP contribution in [-0.4, -0.2) is 43.2 Å². The van der Waals surface area contributed by atoms with Crippen LogP contribution in [0.25, 0.3) is 10.9 Å². The lowest BCUT2D eigenvalue weighted by Gasteiger charge is -2.12. The average Bonchev–Trinajstić information content (AvgIpc) is 2.69. The van der Waals surface area contributed by atoms with Gasteiger partial charge in [0.1, 0.15) is 5.82 Å². The first kappa shape index (κ1) is 20.2. The van der Waals surface area contributed by atoms with Crippen LogP contribution in [0.3, 0.4) is 0 Å². The van der Waals surface area contributed by atoms with Gasteiger partial charge in [0.2, 0.25) is 5.95 Å². The zero-order chi connectivity index (χ0) is 21.0. The van der Waals surface area contributed by atoms with E-state index < -0.39 is 0 Å². The Bertz CT molecular complexity index is 1030. The summed E-state index contributed by atoms with van der Waals surface area (Å²) in [4.78, 5) is 21.0. The van der Waals surface area contributed by atoms with Crippen LogP contribution in [0.5, 0.6) is 11.5 Å². The Labute approximate surface area is 169 Å². The molecule has 1 aromatic heterocycles. The summed E-state index contributed by atoms with van der Waals surface area (Å²) in [5.41, 5.74) is 9.47. The monoisotopic (exact) mass is 395 g/mol. The van der Waals surface area contributed by atoms with Gasteiger partial charge < -0.3 is 25.8 Å². The number of hydrogen-bond donors (Lipinski definition) is 3. The number of aryl methyl sites for hydroxylation is 2. The summed E-state index contributed by atoms with van der Waals surface area (Å²) < 4.78 is 10.6. The number of carbonyl (C=O) groups is 1. The molecule has 0 aliphatic heterocycles. The number of nitrogen functional groups attached to an aromatic ring is 1. The molecule has 0 aliphatic rings. The van der Waals surface area contributed by atoms with Crippen molar-refractivity contribution in [3.05, 3.63) is 47.0 Å². The molecule has 0 atom stereocenters. The van der Waals surface area contributed by atoms with Crippen molar-refractivity contribution in [1.29, 1.82) is 0 Å². The van der Waals surface area contributed by atoms with E-state index in [0.717, 1.165) is 11.1 Å². The molecule has 0 saturated carbocycles. The zero-order valence-corrected chi connectivity index (χ0v) is 17.0. The van der Waals surface area contributed by atoms with Crippen molar-refractivity contribution >= 4 is 28.6 Å². The third kappa shape index (κ3) is 4.66. The van der Waals surface area contributed by atoms with Crippen LogP contribution in [0.15, 0.2) is 30.3 Å². The highest BCUT2D eigenvalue weighted by Crippen LogP contribution is 2.33. The second kappa shape index (κ2) is 8.64. The van der Waals surface area contributed by atoms with Gasteiger partial charge in [-0.1, -0.05) is 17.2 Å². The number of nitrogens with one attached hydrogen (secondary N) is 2. The Morgan fingerprint density at radius 2 is 1.62 bits per heavy atom. The second-order valence-electron chi connectivity index (χ2n) is 6.72. The van der Waals surface area contributed by atoms with Crippen LogP contribution < -0.4 is 25.8 Å². The van der Waals surface area contributed by atoms with E-state index in [2.05, 4.69) is 20.6 Å². The van der Waals surface area contributed by atoms with Crippen LogP contribution in [0, 0.1) is 13.8 Å². The summed E-state index contributed by atoms with van der Waals surface area (Å²) in [5.74, 6) is 1.71. The maximum Gasteiger partial charge on any atom is 0.251 e. The van der Waals surface area contributed by atoms with Crippen molar-refractivity contribution in [2.24, 2.45) is 0 Å². The van der Waals surface area contributed by atoms with Crippen LogP contribution in [0.1, 0.15) is 21.5 Å². The maximum absolute atomic E-state index is 12.3. The van der Waals surface area contributed by atoms with Crippen LogP contribution in [0.2, 0.25) is 0 Å². The number of fused-ring (bicyclic) bond motifs is 1. The van der Waals surface area contributed by atoms with Crippen molar-refractivity contribution in [3.63, 3.8) is 0 Å². The highest BCUT2D eigenvalue weighted by atomic mass is 16.5. The molecule has 3 aromatic rings. The van der Waals surface area contributed by atoms with Gasteiger partial charge in [0.15, 0.2) is 11.5 Å². The number of nitrogens with two attached hydrogens (primary N) is 1. The molecule has 0 fully saturated rings. The fourth-order valence-electron chi connectivity index (χ4n) is 3.12. The molecule has 0 unspecified atom stereocenters. The van der Waals surface area contributed by atoms with Gasteiger partial charge in [0, 0.05) is 30.1 Å². The average molecular weight is 395 g/mol. The Balaban J connectivity index is 1.65. The molecule has 2 aromatic carbocycles. The van der Waals surface area contributed by atoms with E-state index >= 15 is 0 Å². The highest BCUT2D eigenvalue weighted by molar-refractivity contribution is 5.94. The molecule has 0 aliphatic carbocycles. The first-order chi connectivity index (χ1) is 13.9. The van der Waals surface area contributed by atoms with E-state index in [0.29, 0.717) is 52.8 Å². The van der Waals surface area contributed by atoms with Crippen molar-refractivity contribution in [1.82, 2.24) is 15.3 Å². The van der Waals surface area contributed by atoms with Gasteiger partial charge in [0.25, 0.3) is 5.91 Å². The van der Waals surface area contributed by atoms with E-state index in [9.17, 15) is 4.79 Å². The number of hydrogen-bond acceptors (Lipinski definition) is 7. The molecule has 0 radical (unpaired) electrons. The molecule has 29 heavy (non-hydrogen) atoms. The molecule has 8 heteroatoms. The van der Waals surface area contributed by atoms with Crippen LogP contribution >= 0.6 is 0 Å². The van der Waals surface area contributed by atoms with Gasteiger partial charge in [-0.15, -0.1) is 0 Å². The van der Waals surface area contributed by atoms with Crippen molar-refractivity contribution in [2.75, 3.05) is 38.4 Å². The van der Waals surface area contributed by atoms with Gasteiger partial charge in [-0.2, -0.15) is 4.98 Å². The smallest absolute Gasteiger partial charge is 0.251 e. The number of anilines is 2. The van der Waals surface area contributed by atoms with E-state index in [-0.39, 0.29) is 5.91 Å². The third-order valence-electron chi connectivity index (χ3n) is 4.41. The first-order valence-electron chi connectivity index (χ1n) is 9.21. The minimum atomic E-state index is -0.116. The molecule has 4 N–H and O–H groups in total. The number of benzene rings is 2. The van der Waals surface area contributed by atoms with Gasteiger partial charge in [0.05, 0.1) is 19.7 Å². The van der Waals surface area contributed by atoms with Gasteiger partial charge in [-0.05, 0) is 32.0 Å². The molecule has 8 nitrogen and oxygen atoms in total. The minimum Gasteiger partial charge on any atom is -0.493 e. The minimum absolute atomic E-state index is 0.116. The molecule has 3 rings (SSSR count). The predicted octanol–water partition coefficient (Wildman–Crippen LogP) is 2.69. The van der Waals surface area contributed by atoms with Crippen LogP contribution in [0.4, 0.5) is 11.8 Å². The van der Waals surface area contributed by atoms with E-state index in [1.807, 2.05) is 32.0 Å². The molecule has 0 spiro atoms.